The molecule has 3 aromatic rings. The van der Waals surface area contributed by atoms with E-state index in [0.717, 1.165) is 77.7 Å². The van der Waals surface area contributed by atoms with Crippen LogP contribution in [0.15, 0.2) is 29.2 Å². The van der Waals surface area contributed by atoms with Crippen LogP contribution in [-0.2, 0) is 11.4 Å². The zero-order chi connectivity index (χ0) is 32.5. The fourth-order valence-electron chi connectivity index (χ4n) is 7.72. The molecule has 47 heavy (non-hydrogen) atoms. The van der Waals surface area contributed by atoms with Crippen LogP contribution in [0.4, 0.5) is 10.2 Å². The van der Waals surface area contributed by atoms with Crippen molar-refractivity contribution in [2.24, 2.45) is 10.8 Å². The molecule has 1 atom stereocenters. The van der Waals surface area contributed by atoms with Gasteiger partial charge in [0, 0.05) is 49.1 Å². The molecule has 1 spiro atoms. The predicted molar refractivity (Wildman–Crippen MR) is 182 cm³/mol. The van der Waals surface area contributed by atoms with Crippen LogP contribution >= 0.6 is 0 Å². The van der Waals surface area contributed by atoms with Crippen LogP contribution in [0.25, 0.3) is 22.5 Å². The molecule has 2 aromatic carbocycles. The van der Waals surface area contributed by atoms with Gasteiger partial charge in [0.2, 0.25) is 4.90 Å². The summed E-state index contributed by atoms with van der Waals surface area (Å²) in [6.45, 7) is 5.14. The number of phenolic OH excluding ortho intramolecular Hbond substituents is 1. The van der Waals surface area contributed by atoms with Crippen molar-refractivity contribution in [2.75, 3.05) is 58.3 Å². The number of fused-ring (bicyclic) bond motifs is 2. The highest BCUT2D eigenvalue weighted by atomic mass is 32.2. The number of nitrogens with one attached hydrogen (secondary N) is 1. The first-order valence-electron chi connectivity index (χ1n) is 16.7. The number of hydrogen-bond acceptors (Lipinski definition) is 9. The second-order valence-corrected chi connectivity index (χ2v) is 15.8. The van der Waals surface area contributed by atoms with E-state index in [9.17, 15) is 9.66 Å². The summed E-state index contributed by atoms with van der Waals surface area (Å²) in [5.74, 6) is 2.69. The Bertz CT molecular complexity index is 1800. The van der Waals surface area contributed by atoms with Crippen molar-refractivity contribution < 1.29 is 18.8 Å². The third-order valence-corrected chi connectivity index (χ3v) is 12.4. The number of halogens is 1. The van der Waals surface area contributed by atoms with Crippen LogP contribution in [0.5, 0.6) is 11.8 Å². The molecule has 4 fully saturated rings. The monoisotopic (exact) mass is 656 g/mol. The van der Waals surface area contributed by atoms with Crippen LogP contribution in [0, 0.1) is 29.0 Å². The van der Waals surface area contributed by atoms with E-state index < -0.39 is 17.2 Å². The van der Waals surface area contributed by atoms with Gasteiger partial charge >= 0.3 is 6.01 Å². The lowest BCUT2D eigenvalue weighted by atomic mass is 9.73. The van der Waals surface area contributed by atoms with Crippen LogP contribution in [-0.4, -0.2) is 88.3 Å². The molecule has 0 amide bonds. The van der Waals surface area contributed by atoms with E-state index in [1.165, 1.54) is 6.07 Å². The maximum absolute atomic E-state index is 15.1. The maximum Gasteiger partial charge on any atom is 0.319 e. The SMILES string of the molecule is C#Cc1c(F)ccc2cc(O)cc(C3=Cc4nc(OCC5(CN(C)C)CC5)nc(N5CCC6(CC5)CNC6)c4[S+]([O-])N3C3CCC3)c12. The summed E-state index contributed by atoms with van der Waals surface area (Å²) in [5.41, 5.74) is 2.17. The molecule has 11 heteroatoms. The number of ether oxygens (including phenoxy) is 1. The second-order valence-electron chi connectivity index (χ2n) is 14.5. The third-order valence-electron chi connectivity index (χ3n) is 10.8. The lowest BCUT2D eigenvalue weighted by molar-refractivity contribution is 0.125. The van der Waals surface area contributed by atoms with Crippen LogP contribution < -0.4 is 15.0 Å². The largest absolute Gasteiger partial charge is 0.588 e. The van der Waals surface area contributed by atoms with Crippen LogP contribution in [0.1, 0.15) is 61.8 Å². The number of phenols is 1. The number of rotatable bonds is 8. The summed E-state index contributed by atoms with van der Waals surface area (Å²) in [4.78, 5) is 14.9. The Morgan fingerprint density at radius 2 is 1.94 bits per heavy atom. The Kier molecular flexibility index (Phi) is 7.56. The van der Waals surface area contributed by atoms with E-state index in [4.69, 9.17) is 21.1 Å². The van der Waals surface area contributed by atoms with Crippen molar-refractivity contribution in [2.45, 2.75) is 55.9 Å². The molecule has 2 saturated carbocycles. The molecule has 0 bridgehead atoms. The molecule has 0 radical (unpaired) electrons. The topological polar surface area (TPSA) is 100 Å². The molecule has 1 aromatic heterocycles. The Labute approximate surface area is 278 Å². The van der Waals surface area contributed by atoms with Crippen LogP contribution in [0.3, 0.4) is 0 Å². The highest BCUT2D eigenvalue weighted by Gasteiger charge is 2.47. The smallest absolute Gasteiger partial charge is 0.319 e. The van der Waals surface area contributed by atoms with Gasteiger partial charge in [0.1, 0.15) is 28.6 Å². The minimum atomic E-state index is -1.67. The number of hydrogen-bond donors (Lipinski definition) is 2. The van der Waals surface area contributed by atoms with E-state index in [0.29, 0.717) is 50.5 Å². The van der Waals surface area contributed by atoms with Crippen molar-refractivity contribution in [3.05, 3.63) is 46.9 Å². The van der Waals surface area contributed by atoms with Crippen molar-refractivity contribution in [1.29, 1.82) is 0 Å². The zero-order valence-electron chi connectivity index (χ0n) is 27.0. The molecule has 1 unspecified atom stereocenters. The fraction of sp³-hybridized carbons (Fsp3) is 0.500. The van der Waals surface area contributed by atoms with E-state index in [-0.39, 0.29) is 28.8 Å². The molecule has 8 rings (SSSR count). The molecule has 246 valence electrons. The highest BCUT2D eigenvalue weighted by molar-refractivity contribution is 7.89. The summed E-state index contributed by atoms with van der Waals surface area (Å²) in [7, 11) is 4.15. The highest BCUT2D eigenvalue weighted by Crippen LogP contribution is 2.49. The summed E-state index contributed by atoms with van der Waals surface area (Å²) in [5, 5.41) is 15.4. The van der Waals surface area contributed by atoms with Gasteiger partial charge in [0.25, 0.3) is 0 Å². The summed E-state index contributed by atoms with van der Waals surface area (Å²) in [6, 6.07) is 6.39. The van der Waals surface area contributed by atoms with Gasteiger partial charge in [0.05, 0.1) is 23.9 Å². The standard InChI is InChI=1S/C36H41FN6O3S/c1-4-26-28(37)9-8-23-16-25(44)17-27(31(23)26)30-18-29-32(47(45)43(30)24-6-5-7-24)33(42-14-12-35(13-15-42)19-38-20-35)40-34(39-29)46-22-36(10-11-36)21-41(2)3/h1,8-9,16-18,24,38,44H,5-7,10-15,19-22H2,2-3H3. The minimum absolute atomic E-state index is 0.00527. The number of nitrogens with zero attached hydrogens (tertiary/aromatic N) is 5. The average Bonchev–Trinajstić information content (AvgIpc) is 3.77. The summed E-state index contributed by atoms with van der Waals surface area (Å²) < 4.78 is 38.4. The molecule has 5 aliphatic rings. The van der Waals surface area contributed by atoms with Gasteiger partial charge in [-0.05, 0) is 94.1 Å². The first kappa shape index (κ1) is 30.8. The average molecular weight is 657 g/mol. The Morgan fingerprint density at radius 3 is 2.55 bits per heavy atom. The van der Waals surface area contributed by atoms with Crippen LogP contribution in [0.2, 0.25) is 0 Å². The van der Waals surface area contributed by atoms with Crippen molar-refractivity contribution in [3.63, 3.8) is 0 Å². The van der Waals surface area contributed by atoms with Gasteiger partial charge in [0.15, 0.2) is 5.82 Å². The Balaban J connectivity index is 1.28. The lowest BCUT2D eigenvalue weighted by Crippen LogP contribution is -2.58. The number of anilines is 1. The molecule has 2 N–H and O–H groups in total. The molecule has 2 saturated heterocycles. The number of piperidine rings is 1. The van der Waals surface area contributed by atoms with E-state index in [1.807, 2.05) is 10.4 Å². The Morgan fingerprint density at radius 1 is 1.17 bits per heavy atom. The lowest BCUT2D eigenvalue weighted by Gasteiger charge is -2.49. The predicted octanol–water partition coefficient (Wildman–Crippen LogP) is 4.76. The number of benzene rings is 2. The summed E-state index contributed by atoms with van der Waals surface area (Å²) >= 11 is -1.67. The van der Waals surface area contributed by atoms with Gasteiger partial charge < -0.3 is 29.5 Å². The molecular weight excluding hydrogens is 616 g/mol. The molecule has 3 aliphatic heterocycles. The molecular formula is C36H41FN6O3S. The second kappa shape index (κ2) is 11.5. The fourth-order valence-corrected chi connectivity index (χ4v) is 9.34. The van der Waals surface area contributed by atoms with Crippen molar-refractivity contribution in [1.82, 2.24) is 24.5 Å². The van der Waals surface area contributed by atoms with Gasteiger partial charge in [-0.3, -0.25) is 0 Å². The summed E-state index contributed by atoms with van der Waals surface area (Å²) in [6.07, 6.45) is 14.8. The first-order valence-corrected chi connectivity index (χ1v) is 17.8. The zero-order valence-corrected chi connectivity index (χ0v) is 27.8. The third kappa shape index (κ3) is 5.39. The van der Waals surface area contributed by atoms with Gasteiger partial charge in [-0.1, -0.05) is 12.0 Å². The van der Waals surface area contributed by atoms with E-state index in [2.05, 4.69) is 35.1 Å². The number of aromatic nitrogens is 2. The number of aromatic hydroxyl groups is 1. The van der Waals surface area contributed by atoms with Crippen molar-refractivity contribution in [3.8, 4) is 24.1 Å². The van der Waals surface area contributed by atoms with Gasteiger partial charge in [-0.15, -0.1) is 6.42 Å². The molecule has 2 aliphatic carbocycles. The Hall–Kier alpha value is -3.56. The first-order chi connectivity index (χ1) is 22.7. The van der Waals surface area contributed by atoms with E-state index in [1.54, 1.807) is 18.2 Å². The van der Waals surface area contributed by atoms with Gasteiger partial charge in [-0.25, -0.2) is 4.39 Å². The number of terminal acetylenes is 1. The van der Waals surface area contributed by atoms with Gasteiger partial charge in [-0.2, -0.15) is 14.3 Å². The van der Waals surface area contributed by atoms with Crippen molar-refractivity contribution >= 4 is 39.7 Å². The molecule has 9 nitrogen and oxygen atoms in total. The normalized spacial score (nSPS) is 22.8. The minimum Gasteiger partial charge on any atom is -0.588 e. The molecule has 4 heterocycles. The van der Waals surface area contributed by atoms with E-state index >= 15 is 4.39 Å². The maximum atomic E-state index is 15.1. The quantitative estimate of drug-likeness (QED) is 0.263.